The van der Waals surface area contributed by atoms with Gasteiger partial charge in [-0.2, -0.15) is 0 Å². The van der Waals surface area contributed by atoms with E-state index in [0.717, 1.165) is 37.8 Å². The van der Waals surface area contributed by atoms with Crippen molar-refractivity contribution in [1.82, 2.24) is 4.90 Å². The first-order chi connectivity index (χ1) is 12.1. The van der Waals surface area contributed by atoms with Gasteiger partial charge in [0.25, 0.3) is 5.91 Å². The summed E-state index contributed by atoms with van der Waals surface area (Å²) in [5, 5.41) is 19.9. The van der Waals surface area contributed by atoms with Crippen LogP contribution in [0.5, 0.6) is 0 Å². The summed E-state index contributed by atoms with van der Waals surface area (Å²) in [4.78, 5) is 15.0. The predicted octanol–water partition coefficient (Wildman–Crippen LogP) is 3.65. The van der Waals surface area contributed by atoms with Gasteiger partial charge in [-0.3, -0.25) is 4.79 Å². The Kier molecular flexibility index (Phi) is 6.86. The lowest BCUT2D eigenvalue weighted by Gasteiger charge is -2.43. The van der Waals surface area contributed by atoms with Gasteiger partial charge >= 0.3 is 0 Å². The second kappa shape index (κ2) is 8.53. The molecule has 1 heterocycles. The Balaban J connectivity index is 2.10. The Bertz CT molecular complexity index is 606. The van der Waals surface area contributed by atoms with Crippen LogP contribution in [0.3, 0.4) is 0 Å². The van der Waals surface area contributed by atoms with Crippen LogP contribution in [0.1, 0.15) is 69.3 Å². The van der Waals surface area contributed by atoms with Crippen molar-refractivity contribution in [3.63, 3.8) is 0 Å². The molecule has 0 radical (unpaired) electrons. The van der Waals surface area contributed by atoms with Gasteiger partial charge < -0.3 is 15.1 Å². The molecule has 1 aliphatic heterocycles. The lowest BCUT2D eigenvalue weighted by atomic mass is 9.74. The van der Waals surface area contributed by atoms with Gasteiger partial charge in [-0.1, -0.05) is 26.0 Å². The molecule has 0 unspecified atom stereocenters. The first kappa shape index (κ1) is 20.9. The summed E-state index contributed by atoms with van der Waals surface area (Å²) in [6, 6.07) is 7.75. The van der Waals surface area contributed by atoms with E-state index in [9.17, 15) is 15.0 Å². The molecule has 0 aromatic heterocycles. The molecule has 0 aliphatic carbocycles. The number of carbonyl (C=O) groups excluding carboxylic acids is 1. The highest BCUT2D eigenvalue weighted by Gasteiger charge is 2.37. The largest absolute Gasteiger partial charge is 0.396 e. The summed E-state index contributed by atoms with van der Waals surface area (Å²) in [7, 11) is 0. The van der Waals surface area contributed by atoms with Gasteiger partial charge in [0.2, 0.25) is 0 Å². The number of benzene rings is 1. The molecule has 1 atom stereocenters. The van der Waals surface area contributed by atoms with Crippen LogP contribution in [0.2, 0.25) is 0 Å². The fourth-order valence-corrected chi connectivity index (χ4v) is 4.10. The van der Waals surface area contributed by atoms with E-state index in [1.54, 1.807) is 13.8 Å². The second-order valence-electron chi connectivity index (χ2n) is 9.10. The maximum absolute atomic E-state index is 13.0. The van der Waals surface area contributed by atoms with Crippen molar-refractivity contribution < 1.29 is 15.0 Å². The number of piperidine rings is 1. The van der Waals surface area contributed by atoms with Crippen LogP contribution in [0.15, 0.2) is 24.3 Å². The van der Waals surface area contributed by atoms with E-state index in [2.05, 4.69) is 13.8 Å². The van der Waals surface area contributed by atoms with Crippen LogP contribution in [0, 0.1) is 11.3 Å². The Morgan fingerprint density at radius 2 is 2.08 bits per heavy atom. The molecular formula is C22H35NO3. The standard InChI is InChI=1S/C22H35NO3/c1-17(2)14-22(16-24)10-6-12-23(15-22)20(25)19-8-5-7-18(13-19)9-11-21(3,4)26/h5,7-8,13,17,24,26H,6,9-12,14-16H2,1-4H3/t22-/m1/s1. The van der Waals surface area contributed by atoms with Crippen LogP contribution in [-0.2, 0) is 6.42 Å². The van der Waals surface area contributed by atoms with E-state index in [-0.39, 0.29) is 17.9 Å². The van der Waals surface area contributed by atoms with E-state index >= 15 is 0 Å². The van der Waals surface area contributed by atoms with Crippen molar-refractivity contribution >= 4 is 5.91 Å². The molecule has 1 aromatic rings. The second-order valence-corrected chi connectivity index (χ2v) is 9.10. The fraction of sp³-hybridized carbons (Fsp3) is 0.682. The molecule has 26 heavy (non-hydrogen) atoms. The van der Waals surface area contributed by atoms with Gasteiger partial charge in [-0.25, -0.2) is 0 Å². The lowest BCUT2D eigenvalue weighted by Crippen LogP contribution is -2.48. The maximum atomic E-state index is 13.0. The average Bonchev–Trinajstić information content (AvgIpc) is 2.58. The Hall–Kier alpha value is -1.39. The lowest BCUT2D eigenvalue weighted by molar-refractivity contribution is 0.0160. The van der Waals surface area contributed by atoms with E-state index in [1.165, 1.54) is 0 Å². The number of aliphatic hydroxyl groups is 2. The first-order valence-corrected chi connectivity index (χ1v) is 9.86. The van der Waals surface area contributed by atoms with Gasteiger partial charge in [0, 0.05) is 24.1 Å². The molecule has 0 spiro atoms. The molecule has 1 aromatic carbocycles. The molecular weight excluding hydrogens is 326 g/mol. The molecule has 1 amide bonds. The smallest absolute Gasteiger partial charge is 0.253 e. The molecule has 1 fully saturated rings. The number of amides is 1. The van der Waals surface area contributed by atoms with Gasteiger partial charge in [-0.15, -0.1) is 0 Å². The number of hydrogen-bond acceptors (Lipinski definition) is 3. The highest BCUT2D eigenvalue weighted by molar-refractivity contribution is 5.94. The molecule has 4 heteroatoms. The molecule has 1 aliphatic rings. The van der Waals surface area contributed by atoms with Crippen molar-refractivity contribution in [2.24, 2.45) is 11.3 Å². The quantitative estimate of drug-likeness (QED) is 0.779. The molecule has 146 valence electrons. The SMILES string of the molecule is CC(C)C[C@]1(CO)CCCN(C(=O)c2cccc(CCC(C)(C)O)c2)C1. The predicted molar refractivity (Wildman–Crippen MR) is 105 cm³/mol. The molecule has 2 N–H and O–H groups in total. The molecule has 2 rings (SSSR count). The maximum Gasteiger partial charge on any atom is 0.253 e. The van der Waals surface area contributed by atoms with Crippen molar-refractivity contribution in [3.05, 3.63) is 35.4 Å². The number of carbonyl (C=O) groups is 1. The third-order valence-electron chi connectivity index (χ3n) is 5.32. The summed E-state index contributed by atoms with van der Waals surface area (Å²) in [5.41, 5.74) is 0.910. The van der Waals surface area contributed by atoms with Gasteiger partial charge in [0.15, 0.2) is 0 Å². The van der Waals surface area contributed by atoms with Crippen LogP contribution in [0.4, 0.5) is 0 Å². The van der Waals surface area contributed by atoms with E-state index in [4.69, 9.17) is 0 Å². The summed E-state index contributed by atoms with van der Waals surface area (Å²) < 4.78 is 0. The third kappa shape index (κ3) is 5.82. The van der Waals surface area contributed by atoms with Gasteiger partial charge in [-0.05, 0) is 69.6 Å². The topological polar surface area (TPSA) is 60.8 Å². The first-order valence-electron chi connectivity index (χ1n) is 9.86. The average molecular weight is 362 g/mol. The van der Waals surface area contributed by atoms with E-state index in [1.807, 2.05) is 29.2 Å². The molecule has 0 bridgehead atoms. The number of hydrogen-bond donors (Lipinski definition) is 2. The van der Waals surface area contributed by atoms with Crippen LogP contribution in [-0.4, -0.2) is 46.3 Å². The number of aliphatic hydroxyl groups excluding tert-OH is 1. The van der Waals surface area contributed by atoms with Crippen LogP contribution in [0.25, 0.3) is 0 Å². The van der Waals surface area contributed by atoms with Gasteiger partial charge in [0.05, 0.1) is 12.2 Å². The fourth-order valence-electron chi connectivity index (χ4n) is 4.10. The van der Waals surface area contributed by atoms with Crippen molar-refractivity contribution in [1.29, 1.82) is 0 Å². The third-order valence-corrected chi connectivity index (χ3v) is 5.32. The Morgan fingerprint density at radius 3 is 2.69 bits per heavy atom. The minimum absolute atomic E-state index is 0.0522. The van der Waals surface area contributed by atoms with Crippen molar-refractivity contribution in [2.75, 3.05) is 19.7 Å². The van der Waals surface area contributed by atoms with Gasteiger partial charge in [0.1, 0.15) is 0 Å². The normalized spacial score (nSPS) is 21.3. The zero-order chi connectivity index (χ0) is 19.4. The van der Waals surface area contributed by atoms with Crippen LogP contribution >= 0.6 is 0 Å². The summed E-state index contributed by atoms with van der Waals surface area (Å²) in [5.74, 6) is 0.554. The van der Waals surface area contributed by atoms with E-state index in [0.29, 0.717) is 24.4 Å². The zero-order valence-electron chi connectivity index (χ0n) is 16.8. The Morgan fingerprint density at radius 1 is 1.35 bits per heavy atom. The number of nitrogens with zero attached hydrogens (tertiary/aromatic N) is 1. The summed E-state index contributed by atoms with van der Waals surface area (Å²) >= 11 is 0. The number of aryl methyl sites for hydroxylation is 1. The molecule has 4 nitrogen and oxygen atoms in total. The Labute approximate surface area is 158 Å². The number of likely N-dealkylation sites (tertiary alicyclic amines) is 1. The molecule has 1 saturated heterocycles. The van der Waals surface area contributed by atoms with E-state index < -0.39 is 5.60 Å². The summed E-state index contributed by atoms with van der Waals surface area (Å²) in [6.45, 7) is 9.48. The van der Waals surface area contributed by atoms with Crippen molar-refractivity contribution in [2.45, 2.75) is 65.4 Å². The minimum atomic E-state index is -0.704. The zero-order valence-corrected chi connectivity index (χ0v) is 16.8. The molecule has 0 saturated carbocycles. The monoisotopic (exact) mass is 361 g/mol. The van der Waals surface area contributed by atoms with Crippen LogP contribution < -0.4 is 0 Å². The highest BCUT2D eigenvalue weighted by atomic mass is 16.3. The number of rotatable bonds is 7. The minimum Gasteiger partial charge on any atom is -0.396 e. The summed E-state index contributed by atoms with van der Waals surface area (Å²) in [6.07, 6.45) is 4.28. The highest BCUT2D eigenvalue weighted by Crippen LogP contribution is 2.36. The van der Waals surface area contributed by atoms with Crippen molar-refractivity contribution in [3.8, 4) is 0 Å².